The van der Waals surface area contributed by atoms with Crippen LogP contribution in [0, 0.1) is 0 Å². The summed E-state index contributed by atoms with van der Waals surface area (Å²) in [5, 5.41) is 41.3. The van der Waals surface area contributed by atoms with Crippen molar-refractivity contribution in [2.24, 2.45) is 0 Å². The number of amides is 1. The molecule has 7 atom stereocenters. The standard InChI is InChI=1S/C14H25NO8/c1-7(18)15-8-4-10(20)11(5-16)22-14(8)23-13-9(19)2-3-21-12(13)6-17/h8-14,16-17,19-20H,2-6H2,1H3,(H,15,18)/t8-,9-,10+,11-,12-,13+,14+/m1/s1. The first kappa shape index (κ1) is 18.5. The van der Waals surface area contributed by atoms with Gasteiger partial charge in [-0.3, -0.25) is 4.79 Å². The molecule has 23 heavy (non-hydrogen) atoms. The highest BCUT2D eigenvalue weighted by atomic mass is 16.7. The van der Waals surface area contributed by atoms with Crippen molar-refractivity contribution in [2.75, 3.05) is 19.8 Å². The molecule has 0 radical (unpaired) electrons. The minimum absolute atomic E-state index is 0.142. The Hall–Kier alpha value is -0.810. The third kappa shape index (κ3) is 4.60. The molecular weight excluding hydrogens is 310 g/mol. The number of nitrogens with one attached hydrogen (secondary N) is 1. The Labute approximate surface area is 134 Å². The van der Waals surface area contributed by atoms with E-state index in [-0.39, 0.29) is 18.9 Å². The Kier molecular flexibility index (Phi) is 6.72. The van der Waals surface area contributed by atoms with E-state index in [1.165, 1.54) is 6.92 Å². The number of aliphatic hydroxyl groups is 4. The lowest BCUT2D eigenvalue weighted by Gasteiger charge is -2.43. The van der Waals surface area contributed by atoms with Crippen LogP contribution in [0.2, 0.25) is 0 Å². The highest BCUT2D eigenvalue weighted by molar-refractivity contribution is 5.73. The van der Waals surface area contributed by atoms with Gasteiger partial charge in [-0.25, -0.2) is 0 Å². The number of rotatable bonds is 5. The van der Waals surface area contributed by atoms with Crippen LogP contribution in [0.4, 0.5) is 0 Å². The summed E-state index contributed by atoms with van der Waals surface area (Å²) in [5.74, 6) is -0.319. The normalized spacial score (nSPS) is 41.5. The van der Waals surface area contributed by atoms with E-state index in [1.807, 2.05) is 0 Å². The van der Waals surface area contributed by atoms with Crippen LogP contribution in [0.5, 0.6) is 0 Å². The second kappa shape index (κ2) is 8.34. The minimum Gasteiger partial charge on any atom is -0.394 e. The van der Waals surface area contributed by atoms with Gasteiger partial charge in [0.25, 0.3) is 0 Å². The van der Waals surface area contributed by atoms with Crippen molar-refractivity contribution in [3.05, 3.63) is 0 Å². The van der Waals surface area contributed by atoms with Crippen LogP contribution in [-0.2, 0) is 19.0 Å². The largest absolute Gasteiger partial charge is 0.394 e. The topological polar surface area (TPSA) is 138 Å². The maximum atomic E-state index is 11.3. The van der Waals surface area contributed by atoms with E-state index in [0.29, 0.717) is 13.0 Å². The average molecular weight is 335 g/mol. The second-order valence-electron chi connectivity index (χ2n) is 5.88. The van der Waals surface area contributed by atoms with E-state index in [9.17, 15) is 25.2 Å². The highest BCUT2D eigenvalue weighted by Crippen LogP contribution is 2.26. The predicted molar refractivity (Wildman–Crippen MR) is 76.3 cm³/mol. The van der Waals surface area contributed by atoms with Crippen LogP contribution in [0.1, 0.15) is 19.8 Å². The molecule has 0 aliphatic carbocycles. The van der Waals surface area contributed by atoms with E-state index in [2.05, 4.69) is 5.32 Å². The number of ether oxygens (including phenoxy) is 3. The van der Waals surface area contributed by atoms with E-state index < -0.39 is 49.5 Å². The molecule has 2 saturated heterocycles. The number of carbonyl (C=O) groups is 1. The van der Waals surface area contributed by atoms with Crippen LogP contribution in [0.3, 0.4) is 0 Å². The first-order valence-corrected chi connectivity index (χ1v) is 7.73. The Balaban J connectivity index is 2.09. The van der Waals surface area contributed by atoms with Gasteiger partial charge in [0, 0.05) is 20.0 Å². The average Bonchev–Trinajstić information content (AvgIpc) is 2.50. The molecule has 0 saturated carbocycles. The van der Waals surface area contributed by atoms with Crippen LogP contribution < -0.4 is 5.32 Å². The summed E-state index contributed by atoms with van der Waals surface area (Å²) in [7, 11) is 0. The molecule has 2 heterocycles. The highest BCUT2D eigenvalue weighted by Gasteiger charge is 2.43. The molecule has 5 N–H and O–H groups in total. The zero-order chi connectivity index (χ0) is 17.0. The van der Waals surface area contributed by atoms with Crippen molar-refractivity contribution in [3.8, 4) is 0 Å². The molecule has 2 aliphatic rings. The molecule has 9 heteroatoms. The van der Waals surface area contributed by atoms with Gasteiger partial charge in [-0.15, -0.1) is 0 Å². The third-order valence-corrected chi connectivity index (χ3v) is 4.09. The van der Waals surface area contributed by atoms with Gasteiger partial charge >= 0.3 is 0 Å². The van der Waals surface area contributed by atoms with E-state index in [4.69, 9.17) is 14.2 Å². The van der Waals surface area contributed by atoms with Gasteiger partial charge in [0.1, 0.15) is 18.3 Å². The van der Waals surface area contributed by atoms with Gasteiger partial charge in [0.05, 0.1) is 31.5 Å². The van der Waals surface area contributed by atoms with Crippen molar-refractivity contribution in [1.82, 2.24) is 5.32 Å². The molecule has 0 unspecified atom stereocenters. The fourth-order valence-electron chi connectivity index (χ4n) is 2.90. The molecular formula is C14H25NO8. The lowest BCUT2D eigenvalue weighted by molar-refractivity contribution is -0.289. The van der Waals surface area contributed by atoms with Crippen LogP contribution >= 0.6 is 0 Å². The summed E-state index contributed by atoms with van der Waals surface area (Å²) in [6.07, 6.45) is -4.66. The number of aliphatic hydroxyl groups excluding tert-OH is 4. The molecule has 134 valence electrons. The Bertz CT molecular complexity index is 395. The molecule has 0 aromatic heterocycles. The van der Waals surface area contributed by atoms with Crippen molar-refractivity contribution < 1.29 is 39.4 Å². The van der Waals surface area contributed by atoms with Gasteiger partial charge < -0.3 is 40.0 Å². The maximum absolute atomic E-state index is 11.3. The monoisotopic (exact) mass is 335 g/mol. The summed E-state index contributed by atoms with van der Waals surface area (Å²) in [4.78, 5) is 11.3. The van der Waals surface area contributed by atoms with Gasteiger partial charge in [0.15, 0.2) is 6.29 Å². The molecule has 2 fully saturated rings. The summed E-state index contributed by atoms with van der Waals surface area (Å²) in [6, 6.07) is -0.640. The number of carbonyl (C=O) groups excluding carboxylic acids is 1. The molecule has 0 aromatic rings. The molecule has 9 nitrogen and oxygen atoms in total. The summed E-state index contributed by atoms with van der Waals surface area (Å²) in [5.41, 5.74) is 0. The fraction of sp³-hybridized carbons (Fsp3) is 0.929. The first-order chi connectivity index (χ1) is 11.0. The zero-order valence-electron chi connectivity index (χ0n) is 13.0. The Morgan fingerprint density at radius 1 is 1.22 bits per heavy atom. The van der Waals surface area contributed by atoms with E-state index >= 15 is 0 Å². The number of hydrogen-bond acceptors (Lipinski definition) is 8. The van der Waals surface area contributed by atoms with Crippen LogP contribution in [0.25, 0.3) is 0 Å². The van der Waals surface area contributed by atoms with Crippen LogP contribution in [0.15, 0.2) is 0 Å². The Morgan fingerprint density at radius 2 is 1.91 bits per heavy atom. The van der Waals surface area contributed by atoms with Gasteiger partial charge in [-0.1, -0.05) is 0 Å². The molecule has 0 bridgehead atoms. The van der Waals surface area contributed by atoms with E-state index in [1.54, 1.807) is 0 Å². The van der Waals surface area contributed by atoms with Crippen molar-refractivity contribution >= 4 is 5.91 Å². The molecule has 0 spiro atoms. The molecule has 1 amide bonds. The zero-order valence-corrected chi connectivity index (χ0v) is 13.0. The van der Waals surface area contributed by atoms with Crippen molar-refractivity contribution in [3.63, 3.8) is 0 Å². The van der Waals surface area contributed by atoms with Crippen molar-refractivity contribution in [2.45, 2.75) is 62.6 Å². The smallest absolute Gasteiger partial charge is 0.217 e. The minimum atomic E-state index is -0.977. The first-order valence-electron chi connectivity index (χ1n) is 7.73. The summed E-state index contributed by atoms with van der Waals surface area (Å²) < 4.78 is 16.6. The maximum Gasteiger partial charge on any atom is 0.217 e. The van der Waals surface area contributed by atoms with Crippen molar-refractivity contribution in [1.29, 1.82) is 0 Å². The molecule has 2 rings (SSSR count). The second-order valence-corrected chi connectivity index (χ2v) is 5.88. The summed E-state index contributed by atoms with van der Waals surface area (Å²) >= 11 is 0. The molecule has 2 aliphatic heterocycles. The predicted octanol–water partition coefficient (Wildman–Crippen LogP) is -2.51. The SMILES string of the molecule is CC(=O)N[C@@H]1C[C@H](O)[C@@H](CO)O[C@H]1O[C@H]1[C@H](O)CCO[C@@H]1CO. The fourth-order valence-corrected chi connectivity index (χ4v) is 2.90. The van der Waals surface area contributed by atoms with Gasteiger partial charge in [-0.2, -0.15) is 0 Å². The lowest BCUT2D eigenvalue weighted by Crippen LogP contribution is -2.59. The molecule has 0 aromatic carbocycles. The summed E-state index contributed by atoms with van der Waals surface area (Å²) in [6.45, 7) is 0.911. The van der Waals surface area contributed by atoms with Crippen LogP contribution in [-0.4, -0.2) is 89.0 Å². The van der Waals surface area contributed by atoms with Gasteiger partial charge in [-0.05, 0) is 6.42 Å². The lowest BCUT2D eigenvalue weighted by atomic mass is 9.99. The third-order valence-electron chi connectivity index (χ3n) is 4.09. The van der Waals surface area contributed by atoms with Gasteiger partial charge in [0.2, 0.25) is 5.91 Å². The number of hydrogen-bond donors (Lipinski definition) is 5. The Morgan fingerprint density at radius 3 is 2.52 bits per heavy atom. The van der Waals surface area contributed by atoms with E-state index in [0.717, 1.165) is 0 Å². The quantitative estimate of drug-likeness (QED) is 0.371.